The van der Waals surface area contributed by atoms with Crippen molar-refractivity contribution in [1.29, 1.82) is 0 Å². The van der Waals surface area contributed by atoms with E-state index in [-0.39, 0.29) is 0 Å². The number of nitrogen functional groups attached to an aromatic ring is 1. The van der Waals surface area contributed by atoms with Crippen LogP contribution in [0.2, 0.25) is 0 Å². The first-order valence-corrected chi connectivity index (χ1v) is 5.87. The number of rotatable bonds is 2. The van der Waals surface area contributed by atoms with Gasteiger partial charge in [-0.05, 0) is 37.1 Å². The lowest BCUT2D eigenvalue weighted by molar-refractivity contribution is 0.459. The maximum absolute atomic E-state index is 5.60. The van der Waals surface area contributed by atoms with Crippen molar-refractivity contribution in [3.05, 3.63) is 40.1 Å². The standard InChI is InChI=1S/C12H12BrN3O/c1-7-3-9(4-8(2)12(7)13)17-11-6-15-10(14)5-16-11/h3-6H,1-2H3,(H2,14,15). The highest BCUT2D eigenvalue weighted by atomic mass is 79.9. The monoisotopic (exact) mass is 293 g/mol. The van der Waals surface area contributed by atoms with Crippen LogP contribution in [0.1, 0.15) is 11.1 Å². The molecule has 2 N–H and O–H groups in total. The van der Waals surface area contributed by atoms with Crippen LogP contribution >= 0.6 is 15.9 Å². The van der Waals surface area contributed by atoms with Crippen molar-refractivity contribution < 1.29 is 4.74 Å². The lowest BCUT2D eigenvalue weighted by atomic mass is 10.1. The fourth-order valence-corrected chi connectivity index (χ4v) is 1.69. The van der Waals surface area contributed by atoms with Crippen molar-refractivity contribution in [2.75, 3.05) is 5.73 Å². The molecular weight excluding hydrogens is 282 g/mol. The maximum Gasteiger partial charge on any atom is 0.237 e. The highest BCUT2D eigenvalue weighted by Gasteiger charge is 2.05. The molecular formula is C12H12BrN3O. The van der Waals surface area contributed by atoms with Crippen LogP contribution in [0.4, 0.5) is 5.82 Å². The summed E-state index contributed by atoms with van der Waals surface area (Å²) in [5.74, 6) is 1.54. The van der Waals surface area contributed by atoms with Gasteiger partial charge in [0, 0.05) is 4.47 Å². The first-order chi connectivity index (χ1) is 8.06. The molecule has 0 unspecified atom stereocenters. The van der Waals surface area contributed by atoms with Crippen LogP contribution in [0.5, 0.6) is 11.6 Å². The van der Waals surface area contributed by atoms with E-state index >= 15 is 0 Å². The van der Waals surface area contributed by atoms with Gasteiger partial charge in [0.25, 0.3) is 0 Å². The van der Waals surface area contributed by atoms with E-state index in [0.29, 0.717) is 11.7 Å². The summed E-state index contributed by atoms with van der Waals surface area (Å²) >= 11 is 3.51. The first kappa shape index (κ1) is 11.9. The van der Waals surface area contributed by atoms with E-state index in [9.17, 15) is 0 Å². The molecule has 0 saturated carbocycles. The molecule has 1 aromatic carbocycles. The van der Waals surface area contributed by atoms with E-state index in [2.05, 4.69) is 25.9 Å². The van der Waals surface area contributed by atoms with Crippen molar-refractivity contribution in [3.8, 4) is 11.6 Å². The molecule has 0 radical (unpaired) electrons. The molecule has 0 amide bonds. The van der Waals surface area contributed by atoms with Crippen molar-refractivity contribution in [2.45, 2.75) is 13.8 Å². The second-order valence-corrected chi connectivity index (χ2v) is 4.55. The normalized spacial score (nSPS) is 10.3. The molecule has 17 heavy (non-hydrogen) atoms. The summed E-state index contributed by atoms with van der Waals surface area (Å²) in [4.78, 5) is 7.95. The summed E-state index contributed by atoms with van der Waals surface area (Å²) in [7, 11) is 0. The molecule has 0 aliphatic heterocycles. The van der Waals surface area contributed by atoms with Crippen LogP contribution in [0, 0.1) is 13.8 Å². The number of nitrogens with zero attached hydrogens (tertiary/aromatic N) is 2. The minimum Gasteiger partial charge on any atom is -0.437 e. The average Bonchev–Trinajstić information content (AvgIpc) is 2.29. The lowest BCUT2D eigenvalue weighted by Crippen LogP contribution is -1.94. The van der Waals surface area contributed by atoms with E-state index in [1.54, 1.807) is 0 Å². The molecule has 2 aromatic rings. The lowest BCUT2D eigenvalue weighted by Gasteiger charge is -2.08. The van der Waals surface area contributed by atoms with Crippen LogP contribution < -0.4 is 10.5 Å². The van der Waals surface area contributed by atoms with Gasteiger partial charge in [0.2, 0.25) is 5.88 Å². The second kappa shape index (κ2) is 4.71. The van der Waals surface area contributed by atoms with Crippen LogP contribution in [0.25, 0.3) is 0 Å². The molecule has 88 valence electrons. The molecule has 0 spiro atoms. The largest absolute Gasteiger partial charge is 0.437 e. The van der Waals surface area contributed by atoms with E-state index in [0.717, 1.165) is 21.3 Å². The highest BCUT2D eigenvalue weighted by Crippen LogP contribution is 2.28. The van der Waals surface area contributed by atoms with Gasteiger partial charge in [-0.1, -0.05) is 15.9 Å². The third-order valence-electron chi connectivity index (χ3n) is 2.28. The SMILES string of the molecule is Cc1cc(Oc2cnc(N)cn2)cc(C)c1Br. The zero-order valence-electron chi connectivity index (χ0n) is 9.57. The van der Waals surface area contributed by atoms with Crippen molar-refractivity contribution in [2.24, 2.45) is 0 Å². The van der Waals surface area contributed by atoms with Crippen molar-refractivity contribution in [3.63, 3.8) is 0 Å². The van der Waals surface area contributed by atoms with Gasteiger partial charge >= 0.3 is 0 Å². The van der Waals surface area contributed by atoms with Gasteiger partial charge in [0.05, 0.1) is 12.4 Å². The molecule has 0 bridgehead atoms. The minimum atomic E-state index is 0.375. The zero-order chi connectivity index (χ0) is 12.4. The van der Waals surface area contributed by atoms with Gasteiger partial charge in [-0.3, -0.25) is 0 Å². The number of benzene rings is 1. The molecule has 5 heteroatoms. The first-order valence-electron chi connectivity index (χ1n) is 5.08. The van der Waals surface area contributed by atoms with Gasteiger partial charge in [0.15, 0.2) is 0 Å². The van der Waals surface area contributed by atoms with Gasteiger partial charge in [-0.2, -0.15) is 0 Å². The Bertz CT molecular complexity index is 517. The summed E-state index contributed by atoms with van der Waals surface area (Å²) in [5.41, 5.74) is 7.68. The smallest absolute Gasteiger partial charge is 0.237 e. The second-order valence-electron chi connectivity index (χ2n) is 3.75. The Morgan fingerprint density at radius 2 is 1.76 bits per heavy atom. The maximum atomic E-state index is 5.60. The Hall–Kier alpha value is -1.62. The predicted molar refractivity (Wildman–Crippen MR) is 70.1 cm³/mol. The Labute approximate surface area is 108 Å². The molecule has 0 fully saturated rings. The predicted octanol–water partition coefficient (Wildman–Crippen LogP) is 3.23. The fraction of sp³-hybridized carbons (Fsp3) is 0.167. The molecule has 0 saturated heterocycles. The summed E-state index contributed by atoms with van der Waals surface area (Å²) in [6.07, 6.45) is 2.97. The van der Waals surface area contributed by atoms with E-state index in [4.69, 9.17) is 10.5 Å². The number of nitrogens with two attached hydrogens (primary N) is 1. The molecule has 0 aliphatic carbocycles. The van der Waals surface area contributed by atoms with Gasteiger partial charge in [-0.25, -0.2) is 9.97 Å². The van der Waals surface area contributed by atoms with Gasteiger partial charge in [0.1, 0.15) is 11.6 Å². The number of aromatic nitrogens is 2. The Morgan fingerprint density at radius 3 is 2.29 bits per heavy atom. The number of anilines is 1. The Balaban J connectivity index is 2.27. The number of aryl methyl sites for hydroxylation is 2. The van der Waals surface area contributed by atoms with E-state index in [1.165, 1.54) is 12.4 Å². The summed E-state index contributed by atoms with van der Waals surface area (Å²) < 4.78 is 6.69. The van der Waals surface area contributed by atoms with Gasteiger partial charge in [-0.15, -0.1) is 0 Å². The third-order valence-corrected chi connectivity index (χ3v) is 3.53. The van der Waals surface area contributed by atoms with Gasteiger partial charge < -0.3 is 10.5 Å². The van der Waals surface area contributed by atoms with Crippen molar-refractivity contribution >= 4 is 21.7 Å². The molecule has 0 atom stereocenters. The zero-order valence-corrected chi connectivity index (χ0v) is 11.2. The molecule has 1 aromatic heterocycles. The van der Waals surface area contributed by atoms with E-state index in [1.807, 2.05) is 26.0 Å². The summed E-state index contributed by atoms with van der Waals surface area (Å²) in [6.45, 7) is 4.03. The number of halogens is 1. The Kier molecular flexibility index (Phi) is 3.28. The molecule has 1 heterocycles. The van der Waals surface area contributed by atoms with E-state index < -0.39 is 0 Å². The number of ether oxygens (including phenoxy) is 1. The molecule has 2 rings (SSSR count). The highest BCUT2D eigenvalue weighted by molar-refractivity contribution is 9.10. The van der Waals surface area contributed by atoms with Crippen LogP contribution in [-0.4, -0.2) is 9.97 Å². The number of hydrogen-bond donors (Lipinski definition) is 1. The Morgan fingerprint density at radius 1 is 1.12 bits per heavy atom. The fourth-order valence-electron chi connectivity index (χ4n) is 1.46. The average molecular weight is 294 g/mol. The third kappa shape index (κ3) is 2.74. The van der Waals surface area contributed by atoms with Crippen LogP contribution in [-0.2, 0) is 0 Å². The van der Waals surface area contributed by atoms with Crippen LogP contribution in [0.3, 0.4) is 0 Å². The van der Waals surface area contributed by atoms with Crippen LogP contribution in [0.15, 0.2) is 29.0 Å². The molecule has 4 nitrogen and oxygen atoms in total. The summed E-state index contributed by atoms with van der Waals surface area (Å²) in [6, 6.07) is 3.88. The summed E-state index contributed by atoms with van der Waals surface area (Å²) in [5, 5.41) is 0. The topological polar surface area (TPSA) is 61.0 Å². The minimum absolute atomic E-state index is 0.375. The van der Waals surface area contributed by atoms with Crippen molar-refractivity contribution in [1.82, 2.24) is 9.97 Å². The molecule has 0 aliphatic rings. The quantitative estimate of drug-likeness (QED) is 0.923. The number of hydrogen-bond acceptors (Lipinski definition) is 4.